The number of carbonyl (C=O) groups is 1. The molecule has 0 aliphatic carbocycles. The average Bonchev–Trinajstić information content (AvgIpc) is 3.55. The van der Waals surface area contributed by atoms with Crippen LogP contribution in [0.1, 0.15) is 29.8 Å². The quantitative estimate of drug-likeness (QED) is 0.319. The molecule has 2 saturated heterocycles. The highest BCUT2D eigenvalue weighted by atomic mass is 16.5. The van der Waals surface area contributed by atoms with Crippen molar-refractivity contribution in [1.82, 2.24) is 24.4 Å². The number of hydrogen-bond acceptors (Lipinski definition) is 8. The van der Waals surface area contributed by atoms with Gasteiger partial charge in [0.15, 0.2) is 0 Å². The molecular weight excluding hydrogens is 530 g/mol. The van der Waals surface area contributed by atoms with Gasteiger partial charge in [-0.3, -0.25) is 4.79 Å². The number of anilines is 1. The van der Waals surface area contributed by atoms with Crippen molar-refractivity contribution in [1.29, 1.82) is 5.26 Å². The zero-order valence-corrected chi connectivity index (χ0v) is 23.4. The highest BCUT2D eigenvalue weighted by Crippen LogP contribution is 2.28. The maximum absolute atomic E-state index is 12.6. The molecule has 2 aromatic carbocycles. The summed E-state index contributed by atoms with van der Waals surface area (Å²) >= 11 is 0. The molecular formula is C32H33N7O3. The van der Waals surface area contributed by atoms with Crippen LogP contribution >= 0.6 is 0 Å². The molecule has 0 atom stereocenters. The van der Waals surface area contributed by atoms with E-state index in [0.717, 1.165) is 48.9 Å². The maximum Gasteiger partial charge on any atom is 0.242 e. The first-order valence-corrected chi connectivity index (χ1v) is 14.3. The highest BCUT2D eigenvalue weighted by molar-refractivity contribution is 5.76. The van der Waals surface area contributed by atoms with E-state index in [9.17, 15) is 10.1 Å². The fraction of sp³-hybridized carbons (Fsp3) is 0.344. The number of nitriles is 1. The Hall–Kier alpha value is -4.75. The van der Waals surface area contributed by atoms with Crippen molar-refractivity contribution < 1.29 is 14.3 Å². The van der Waals surface area contributed by atoms with Gasteiger partial charge in [0.05, 0.1) is 30.8 Å². The van der Waals surface area contributed by atoms with Gasteiger partial charge < -0.3 is 23.8 Å². The second-order valence-corrected chi connectivity index (χ2v) is 10.6. The van der Waals surface area contributed by atoms with E-state index in [1.807, 2.05) is 29.2 Å². The molecule has 1 amide bonds. The average molecular weight is 564 g/mol. The predicted molar refractivity (Wildman–Crippen MR) is 157 cm³/mol. The minimum atomic E-state index is -0.0551. The Bertz CT molecular complexity index is 1540. The van der Waals surface area contributed by atoms with Crippen molar-refractivity contribution in [3.05, 3.63) is 90.4 Å². The summed E-state index contributed by atoms with van der Waals surface area (Å²) in [6.45, 7) is 4.88. The van der Waals surface area contributed by atoms with Crippen LogP contribution in [-0.4, -0.2) is 75.8 Å². The van der Waals surface area contributed by atoms with Gasteiger partial charge in [-0.25, -0.2) is 15.0 Å². The largest absolute Gasteiger partial charge is 0.489 e. The summed E-state index contributed by atoms with van der Waals surface area (Å²) in [5, 5.41) is 9.89. The number of likely N-dealkylation sites (tertiary alicyclic amines) is 1. The molecule has 42 heavy (non-hydrogen) atoms. The van der Waals surface area contributed by atoms with Crippen molar-refractivity contribution in [3.8, 4) is 23.1 Å². The molecule has 214 valence electrons. The fourth-order valence-electron chi connectivity index (χ4n) is 5.39. The number of amides is 1. The van der Waals surface area contributed by atoms with Gasteiger partial charge in [-0.05, 0) is 42.0 Å². The van der Waals surface area contributed by atoms with E-state index in [2.05, 4.69) is 45.2 Å². The summed E-state index contributed by atoms with van der Waals surface area (Å²) in [5.74, 6) is 1.35. The van der Waals surface area contributed by atoms with Crippen LogP contribution in [0.2, 0.25) is 0 Å². The van der Waals surface area contributed by atoms with Crippen LogP contribution in [0.4, 0.5) is 5.69 Å². The molecule has 0 bridgehead atoms. The van der Waals surface area contributed by atoms with E-state index >= 15 is 0 Å². The number of imidazole rings is 1. The van der Waals surface area contributed by atoms with Crippen LogP contribution in [0.15, 0.2) is 73.4 Å². The lowest BCUT2D eigenvalue weighted by Crippen LogP contribution is -2.43. The Morgan fingerprint density at radius 1 is 1.02 bits per heavy atom. The molecule has 2 fully saturated rings. The number of aromatic nitrogens is 4. The number of carbonyl (C=O) groups excluding carboxylic acids is 1. The van der Waals surface area contributed by atoms with Crippen LogP contribution in [0.3, 0.4) is 0 Å². The molecule has 0 radical (unpaired) electrons. The number of hydrogen-bond donors (Lipinski definition) is 0. The summed E-state index contributed by atoms with van der Waals surface area (Å²) < 4.78 is 13.5. The van der Waals surface area contributed by atoms with Crippen molar-refractivity contribution in [3.63, 3.8) is 0 Å². The molecule has 4 aromatic rings. The van der Waals surface area contributed by atoms with Gasteiger partial charge in [0.2, 0.25) is 5.91 Å². The van der Waals surface area contributed by atoms with Gasteiger partial charge >= 0.3 is 0 Å². The molecule has 2 aliphatic heterocycles. The monoisotopic (exact) mass is 563 g/mol. The van der Waals surface area contributed by atoms with E-state index in [1.165, 1.54) is 5.69 Å². The van der Waals surface area contributed by atoms with Crippen LogP contribution in [0, 0.1) is 11.3 Å². The summed E-state index contributed by atoms with van der Waals surface area (Å²) in [5.41, 5.74) is 4.40. The van der Waals surface area contributed by atoms with Crippen LogP contribution in [0.5, 0.6) is 5.75 Å². The predicted octanol–water partition coefficient (Wildman–Crippen LogP) is 3.71. The second-order valence-electron chi connectivity index (χ2n) is 10.6. The third-order valence-electron chi connectivity index (χ3n) is 7.74. The standard InChI is InChI=1S/C32H33N7O3/c33-21-26-20-25(3-6-30(26)42-28-8-12-39(13-9-28)32(40)22-37-14-11-34-23-37)29-7-10-35-31(36-29)19-24-1-4-27(5-2-24)38-15-17-41-18-16-38/h1-7,10-11,14,20,23,28H,8-9,12-13,15-19,22H2. The number of ether oxygens (including phenoxy) is 2. The molecule has 0 unspecified atom stereocenters. The van der Waals surface area contributed by atoms with Gasteiger partial charge in [0.25, 0.3) is 0 Å². The van der Waals surface area contributed by atoms with E-state index in [4.69, 9.17) is 14.5 Å². The van der Waals surface area contributed by atoms with Crippen molar-refractivity contribution in [2.75, 3.05) is 44.3 Å². The molecule has 2 aromatic heterocycles. The van der Waals surface area contributed by atoms with E-state index < -0.39 is 0 Å². The third kappa shape index (κ3) is 6.58. The first kappa shape index (κ1) is 27.4. The lowest BCUT2D eigenvalue weighted by atomic mass is 10.1. The van der Waals surface area contributed by atoms with Crippen molar-refractivity contribution >= 4 is 11.6 Å². The van der Waals surface area contributed by atoms with Crippen molar-refractivity contribution in [2.45, 2.75) is 31.9 Å². The molecule has 6 rings (SSSR count). The van der Waals surface area contributed by atoms with E-state index in [1.54, 1.807) is 29.5 Å². The van der Waals surface area contributed by atoms with Crippen LogP contribution < -0.4 is 9.64 Å². The lowest BCUT2D eigenvalue weighted by Gasteiger charge is -2.32. The zero-order chi connectivity index (χ0) is 28.7. The first-order valence-electron chi connectivity index (χ1n) is 14.3. The smallest absolute Gasteiger partial charge is 0.242 e. The van der Waals surface area contributed by atoms with Gasteiger partial charge in [0.1, 0.15) is 30.3 Å². The van der Waals surface area contributed by atoms with Gasteiger partial charge in [-0.2, -0.15) is 5.26 Å². The summed E-state index contributed by atoms with van der Waals surface area (Å²) in [6.07, 6.45) is 8.85. The molecule has 0 saturated carbocycles. The minimum absolute atomic E-state index is 0.0551. The summed E-state index contributed by atoms with van der Waals surface area (Å²) in [4.78, 5) is 30.0. The molecule has 10 heteroatoms. The number of piperidine rings is 1. The third-order valence-corrected chi connectivity index (χ3v) is 7.74. The topological polar surface area (TPSA) is 109 Å². The Morgan fingerprint density at radius 3 is 2.57 bits per heavy atom. The number of morpholine rings is 1. The van der Waals surface area contributed by atoms with Gasteiger partial charge in [-0.1, -0.05) is 12.1 Å². The molecule has 4 heterocycles. The first-order chi connectivity index (χ1) is 20.6. The molecule has 0 N–H and O–H groups in total. The van der Waals surface area contributed by atoms with Crippen LogP contribution in [0.25, 0.3) is 11.3 Å². The van der Waals surface area contributed by atoms with Gasteiger partial charge in [0, 0.05) is 75.3 Å². The van der Waals surface area contributed by atoms with E-state index in [-0.39, 0.29) is 18.6 Å². The Kier molecular flexibility index (Phi) is 8.38. The van der Waals surface area contributed by atoms with Gasteiger partial charge in [-0.15, -0.1) is 0 Å². The normalized spacial score (nSPS) is 15.8. The fourth-order valence-corrected chi connectivity index (χ4v) is 5.39. The van der Waals surface area contributed by atoms with Crippen LogP contribution in [-0.2, 0) is 22.5 Å². The number of nitrogens with zero attached hydrogens (tertiary/aromatic N) is 7. The highest BCUT2D eigenvalue weighted by Gasteiger charge is 2.25. The molecule has 0 spiro atoms. The Labute approximate surface area is 245 Å². The minimum Gasteiger partial charge on any atom is -0.489 e. The zero-order valence-electron chi connectivity index (χ0n) is 23.4. The van der Waals surface area contributed by atoms with Crippen molar-refractivity contribution in [2.24, 2.45) is 0 Å². The maximum atomic E-state index is 12.6. The number of rotatable bonds is 8. The molecule has 10 nitrogen and oxygen atoms in total. The number of benzene rings is 2. The summed E-state index contributed by atoms with van der Waals surface area (Å²) in [6, 6.07) is 18.3. The molecule has 2 aliphatic rings. The lowest BCUT2D eigenvalue weighted by molar-refractivity contribution is -0.133. The Morgan fingerprint density at radius 2 is 1.83 bits per heavy atom. The second kappa shape index (κ2) is 12.8. The van der Waals surface area contributed by atoms with E-state index in [0.29, 0.717) is 43.7 Å². The summed E-state index contributed by atoms with van der Waals surface area (Å²) in [7, 11) is 0. The Balaban J connectivity index is 1.07. The SMILES string of the molecule is N#Cc1cc(-c2ccnc(Cc3ccc(N4CCOCC4)cc3)n2)ccc1OC1CCN(C(=O)Cn2ccnc2)CC1.